The van der Waals surface area contributed by atoms with Crippen LogP contribution in [0.2, 0.25) is 0 Å². The molecule has 1 aromatic carbocycles. The molecule has 1 atom stereocenters. The molecule has 0 spiro atoms. The minimum Gasteiger partial charge on any atom is -0.506 e. The van der Waals surface area contributed by atoms with E-state index in [0.29, 0.717) is 15.8 Å². The molecule has 1 aliphatic heterocycles. The van der Waals surface area contributed by atoms with Gasteiger partial charge in [0.15, 0.2) is 5.78 Å². The van der Waals surface area contributed by atoms with Gasteiger partial charge in [0.2, 0.25) is 0 Å². The molecular weight excluding hydrogens is 260 g/mol. The van der Waals surface area contributed by atoms with Gasteiger partial charge in [-0.25, -0.2) is 0 Å². The van der Waals surface area contributed by atoms with Crippen molar-refractivity contribution in [3.63, 3.8) is 0 Å². The van der Waals surface area contributed by atoms with Crippen LogP contribution in [-0.4, -0.2) is 17.0 Å². The third kappa shape index (κ3) is 1.63. The van der Waals surface area contributed by atoms with Crippen LogP contribution in [0.1, 0.15) is 29.8 Å². The second kappa shape index (κ2) is 3.52. The van der Waals surface area contributed by atoms with Gasteiger partial charge >= 0.3 is 0 Å². The fourth-order valence-electron chi connectivity index (χ4n) is 1.77. The van der Waals surface area contributed by atoms with Crippen molar-refractivity contribution in [2.45, 2.75) is 26.4 Å². The van der Waals surface area contributed by atoms with Crippen LogP contribution in [0.15, 0.2) is 10.5 Å². The summed E-state index contributed by atoms with van der Waals surface area (Å²) in [4.78, 5) is 11.3. The van der Waals surface area contributed by atoms with Crippen molar-refractivity contribution in [2.24, 2.45) is 0 Å². The number of hydrogen-bond acceptors (Lipinski definition) is 3. The number of Topliss-reactive ketones (excluding diaryl/α,β-unsaturated/α-hetero) is 1. The molecule has 0 fully saturated rings. The Morgan fingerprint density at radius 3 is 2.93 bits per heavy atom. The summed E-state index contributed by atoms with van der Waals surface area (Å²) < 4.78 is 6.02. The summed E-state index contributed by atoms with van der Waals surface area (Å²) in [5, 5.41) is 9.77. The van der Waals surface area contributed by atoms with Crippen molar-refractivity contribution in [3.05, 3.63) is 21.7 Å². The van der Waals surface area contributed by atoms with Crippen LogP contribution >= 0.6 is 15.9 Å². The third-order valence-corrected chi connectivity index (χ3v) is 3.21. The minimum atomic E-state index is -0.143. The van der Waals surface area contributed by atoms with E-state index in [1.165, 1.54) is 6.92 Å². The highest BCUT2D eigenvalue weighted by Crippen LogP contribution is 2.43. The average molecular weight is 271 g/mol. The maximum atomic E-state index is 11.3. The van der Waals surface area contributed by atoms with E-state index in [4.69, 9.17) is 4.74 Å². The fourth-order valence-corrected chi connectivity index (χ4v) is 2.34. The summed E-state index contributed by atoms with van der Waals surface area (Å²) in [7, 11) is 0. The van der Waals surface area contributed by atoms with Crippen LogP contribution in [-0.2, 0) is 6.42 Å². The van der Waals surface area contributed by atoms with Gasteiger partial charge in [-0.1, -0.05) is 0 Å². The molecule has 0 saturated heterocycles. The molecule has 2 rings (SSSR count). The minimum absolute atomic E-state index is 0.0321. The van der Waals surface area contributed by atoms with Gasteiger partial charge in [-0.3, -0.25) is 4.79 Å². The van der Waals surface area contributed by atoms with Crippen LogP contribution in [0.25, 0.3) is 0 Å². The normalized spacial score (nSPS) is 18.5. The van der Waals surface area contributed by atoms with Gasteiger partial charge < -0.3 is 9.84 Å². The van der Waals surface area contributed by atoms with Crippen LogP contribution in [0.5, 0.6) is 11.5 Å². The maximum Gasteiger partial charge on any atom is 0.163 e. The van der Waals surface area contributed by atoms with Gasteiger partial charge in [-0.05, 0) is 41.4 Å². The van der Waals surface area contributed by atoms with E-state index in [9.17, 15) is 9.90 Å². The molecule has 4 heteroatoms. The number of benzene rings is 1. The number of aromatic hydroxyl groups is 1. The number of ether oxygens (including phenoxy) is 1. The molecule has 1 N–H and O–H groups in total. The first-order valence-corrected chi connectivity index (χ1v) is 5.52. The number of halogens is 1. The Morgan fingerprint density at radius 2 is 2.33 bits per heavy atom. The SMILES string of the molecule is CC(=O)c1cc2c(c(Br)c1O)OC(C)C2. The van der Waals surface area contributed by atoms with E-state index in [1.54, 1.807) is 6.07 Å². The van der Waals surface area contributed by atoms with Crippen molar-refractivity contribution in [1.29, 1.82) is 0 Å². The molecule has 1 unspecified atom stereocenters. The zero-order chi connectivity index (χ0) is 11.2. The maximum absolute atomic E-state index is 11.3. The quantitative estimate of drug-likeness (QED) is 0.799. The van der Waals surface area contributed by atoms with Crippen molar-refractivity contribution >= 4 is 21.7 Å². The van der Waals surface area contributed by atoms with E-state index in [-0.39, 0.29) is 17.6 Å². The molecule has 0 radical (unpaired) electrons. The van der Waals surface area contributed by atoms with Gasteiger partial charge in [-0.2, -0.15) is 0 Å². The molecule has 0 amide bonds. The predicted octanol–water partition coefficient (Wildman–Crippen LogP) is 2.68. The monoisotopic (exact) mass is 270 g/mol. The van der Waals surface area contributed by atoms with Crippen molar-refractivity contribution in [1.82, 2.24) is 0 Å². The highest BCUT2D eigenvalue weighted by molar-refractivity contribution is 9.10. The number of carbonyl (C=O) groups is 1. The summed E-state index contributed by atoms with van der Waals surface area (Å²) >= 11 is 3.25. The number of fused-ring (bicyclic) bond motifs is 1. The summed E-state index contributed by atoms with van der Waals surface area (Å²) in [5.41, 5.74) is 1.32. The number of carbonyl (C=O) groups excluding carboxylic acids is 1. The molecule has 0 saturated carbocycles. The van der Waals surface area contributed by atoms with Crippen LogP contribution in [0, 0.1) is 0 Å². The van der Waals surface area contributed by atoms with Crippen LogP contribution in [0.3, 0.4) is 0 Å². The lowest BCUT2D eigenvalue weighted by molar-refractivity contribution is 0.101. The lowest BCUT2D eigenvalue weighted by Gasteiger charge is -2.08. The smallest absolute Gasteiger partial charge is 0.163 e. The average Bonchev–Trinajstić information content (AvgIpc) is 2.52. The first kappa shape index (κ1) is 10.5. The number of phenols is 1. The molecule has 1 heterocycles. The van der Waals surface area contributed by atoms with Gasteiger partial charge in [-0.15, -0.1) is 0 Å². The molecule has 3 nitrogen and oxygen atoms in total. The largest absolute Gasteiger partial charge is 0.506 e. The van der Waals surface area contributed by atoms with E-state index >= 15 is 0 Å². The predicted molar refractivity (Wildman–Crippen MR) is 59.6 cm³/mol. The van der Waals surface area contributed by atoms with E-state index in [2.05, 4.69) is 15.9 Å². The zero-order valence-electron chi connectivity index (χ0n) is 8.50. The molecule has 0 aromatic heterocycles. The highest BCUT2D eigenvalue weighted by atomic mass is 79.9. The standard InChI is InChI=1S/C11H11BrO3/c1-5-3-7-4-8(6(2)13)10(14)9(12)11(7)15-5/h4-5,14H,3H2,1-2H3. The van der Waals surface area contributed by atoms with Gasteiger partial charge in [0, 0.05) is 6.42 Å². The van der Waals surface area contributed by atoms with Gasteiger partial charge in [0.05, 0.1) is 5.56 Å². The third-order valence-electron chi connectivity index (χ3n) is 2.48. The highest BCUT2D eigenvalue weighted by Gasteiger charge is 2.26. The lowest BCUT2D eigenvalue weighted by atomic mass is 10.0. The fraction of sp³-hybridized carbons (Fsp3) is 0.364. The molecule has 0 aliphatic carbocycles. The topological polar surface area (TPSA) is 46.5 Å². The van der Waals surface area contributed by atoms with Gasteiger partial charge in [0.25, 0.3) is 0 Å². The van der Waals surface area contributed by atoms with Gasteiger partial charge in [0.1, 0.15) is 22.1 Å². The lowest BCUT2D eigenvalue weighted by Crippen LogP contribution is -2.05. The van der Waals surface area contributed by atoms with Crippen molar-refractivity contribution < 1.29 is 14.6 Å². The summed E-state index contributed by atoms with van der Waals surface area (Å²) in [6.45, 7) is 3.39. The van der Waals surface area contributed by atoms with E-state index in [0.717, 1.165) is 12.0 Å². The van der Waals surface area contributed by atoms with Crippen molar-refractivity contribution in [3.8, 4) is 11.5 Å². The van der Waals surface area contributed by atoms with Crippen molar-refractivity contribution in [2.75, 3.05) is 0 Å². The Morgan fingerprint density at radius 1 is 1.67 bits per heavy atom. The number of phenolic OH excluding ortho intramolecular Hbond substituents is 1. The van der Waals surface area contributed by atoms with Crippen LogP contribution in [0.4, 0.5) is 0 Å². The molecular formula is C11H11BrO3. The first-order chi connectivity index (χ1) is 7.00. The molecule has 80 valence electrons. The number of hydrogen-bond donors (Lipinski definition) is 1. The molecule has 15 heavy (non-hydrogen) atoms. The summed E-state index contributed by atoms with van der Waals surface area (Å²) in [6.07, 6.45) is 0.868. The second-order valence-corrected chi connectivity index (χ2v) is 4.56. The molecule has 0 bridgehead atoms. The number of rotatable bonds is 1. The first-order valence-electron chi connectivity index (χ1n) is 4.72. The zero-order valence-corrected chi connectivity index (χ0v) is 10.1. The Kier molecular flexibility index (Phi) is 2.46. The number of ketones is 1. The molecule has 1 aromatic rings. The molecule has 1 aliphatic rings. The van der Waals surface area contributed by atoms with Crippen LogP contribution < -0.4 is 4.74 Å². The van der Waals surface area contributed by atoms with E-state index in [1.807, 2.05) is 6.92 Å². The van der Waals surface area contributed by atoms with E-state index < -0.39 is 0 Å². The summed E-state index contributed by atoms with van der Waals surface area (Å²) in [6, 6.07) is 1.71. The Hall–Kier alpha value is -1.03. The Balaban J connectivity index is 2.62. The Bertz CT molecular complexity index is 440. The second-order valence-electron chi connectivity index (χ2n) is 3.76. The Labute approximate surface area is 96.2 Å². The summed E-state index contributed by atoms with van der Waals surface area (Å²) in [5.74, 6) is 0.482.